The first-order chi connectivity index (χ1) is 12.4. The molecule has 4 nitrogen and oxygen atoms in total. The number of rotatable bonds is 5. The molecule has 2 aromatic rings. The molecule has 1 aliphatic rings. The van der Waals surface area contributed by atoms with Crippen molar-refractivity contribution in [2.75, 3.05) is 31.6 Å². The SMILES string of the molecule is C=S1(=O)c2cc(Cl)ccc2C(NCC(C)COC)c2ccccc2N1C. The van der Waals surface area contributed by atoms with Crippen LogP contribution in [0.3, 0.4) is 0 Å². The van der Waals surface area contributed by atoms with Gasteiger partial charge in [-0.1, -0.05) is 42.8 Å². The van der Waals surface area contributed by atoms with Gasteiger partial charge >= 0.3 is 0 Å². The molecule has 3 atom stereocenters. The first-order valence-corrected chi connectivity index (χ1v) is 10.6. The lowest BCUT2D eigenvalue weighted by Gasteiger charge is -2.24. The highest BCUT2D eigenvalue weighted by molar-refractivity contribution is 8.01. The van der Waals surface area contributed by atoms with Crippen molar-refractivity contribution in [3.63, 3.8) is 0 Å². The summed E-state index contributed by atoms with van der Waals surface area (Å²) in [4.78, 5) is 0.681. The van der Waals surface area contributed by atoms with Crippen LogP contribution in [0.5, 0.6) is 0 Å². The van der Waals surface area contributed by atoms with Crippen molar-refractivity contribution in [1.29, 1.82) is 0 Å². The van der Waals surface area contributed by atoms with E-state index in [1.165, 1.54) is 0 Å². The molecule has 1 aliphatic heterocycles. The van der Waals surface area contributed by atoms with Gasteiger partial charge in [-0.2, -0.15) is 0 Å². The van der Waals surface area contributed by atoms with Gasteiger partial charge in [-0.15, -0.1) is 0 Å². The van der Waals surface area contributed by atoms with Gasteiger partial charge in [0.1, 0.15) is 0 Å². The summed E-state index contributed by atoms with van der Waals surface area (Å²) in [5.41, 5.74) is 2.95. The summed E-state index contributed by atoms with van der Waals surface area (Å²) >= 11 is 6.22. The second-order valence-electron chi connectivity index (χ2n) is 6.78. The minimum absolute atomic E-state index is 0.0923. The lowest BCUT2D eigenvalue weighted by Crippen LogP contribution is -2.29. The van der Waals surface area contributed by atoms with Crippen LogP contribution < -0.4 is 9.62 Å². The van der Waals surface area contributed by atoms with Crippen molar-refractivity contribution in [2.24, 2.45) is 5.92 Å². The minimum atomic E-state index is -2.69. The predicted octanol–water partition coefficient (Wildman–Crippen LogP) is 3.74. The third kappa shape index (κ3) is 3.49. The molecule has 0 aliphatic carbocycles. The molecule has 0 spiro atoms. The van der Waals surface area contributed by atoms with Crippen LogP contribution in [0.25, 0.3) is 0 Å². The molecular weight excluding hydrogens is 368 g/mol. The molecule has 0 saturated heterocycles. The fraction of sp³-hybridized carbons (Fsp3) is 0.350. The van der Waals surface area contributed by atoms with Gasteiger partial charge in [-0.25, -0.2) is 4.21 Å². The molecule has 26 heavy (non-hydrogen) atoms. The summed E-state index contributed by atoms with van der Waals surface area (Å²) in [5, 5.41) is 4.19. The molecule has 0 radical (unpaired) electrons. The van der Waals surface area contributed by atoms with Crippen LogP contribution in [0.15, 0.2) is 47.4 Å². The number of para-hydroxylation sites is 1. The highest BCUT2D eigenvalue weighted by atomic mass is 35.5. The third-order valence-corrected chi connectivity index (χ3v) is 7.14. The molecular formula is C20H25ClN2O2S. The molecule has 140 valence electrons. The Kier molecular flexibility index (Phi) is 5.63. The standard InChI is InChI=1S/C20H25ClN2O2S/c1-14(13-25-3)12-22-20-16-7-5-6-8-18(16)23(2)26(4,24)19-11-15(21)9-10-17(19)20/h5-11,14,20,22H,4,12-13H2,1-3H3. The van der Waals surface area contributed by atoms with E-state index in [9.17, 15) is 4.21 Å². The molecule has 3 rings (SSSR count). The van der Waals surface area contributed by atoms with Crippen molar-refractivity contribution in [3.05, 3.63) is 58.6 Å². The number of anilines is 1. The summed E-state index contributed by atoms with van der Waals surface area (Å²) in [6.07, 6.45) is 0. The maximum atomic E-state index is 13.6. The van der Waals surface area contributed by atoms with E-state index in [0.717, 1.165) is 23.4 Å². The van der Waals surface area contributed by atoms with E-state index >= 15 is 0 Å². The van der Waals surface area contributed by atoms with Crippen molar-refractivity contribution < 1.29 is 8.95 Å². The molecule has 3 unspecified atom stereocenters. The first-order valence-electron chi connectivity index (χ1n) is 8.58. The van der Waals surface area contributed by atoms with Crippen molar-refractivity contribution >= 4 is 32.9 Å². The van der Waals surface area contributed by atoms with Crippen LogP contribution in [0, 0.1) is 5.92 Å². The van der Waals surface area contributed by atoms with E-state index in [2.05, 4.69) is 24.2 Å². The Morgan fingerprint density at radius 2 is 2.04 bits per heavy atom. The molecule has 6 heteroatoms. The van der Waals surface area contributed by atoms with Gasteiger partial charge in [-0.05, 0) is 41.1 Å². The summed E-state index contributed by atoms with van der Waals surface area (Å²) in [6.45, 7) is 3.59. The maximum absolute atomic E-state index is 13.6. The van der Waals surface area contributed by atoms with Gasteiger partial charge in [0.25, 0.3) is 0 Å². The van der Waals surface area contributed by atoms with Gasteiger partial charge < -0.3 is 10.1 Å². The largest absolute Gasteiger partial charge is 0.384 e. The molecule has 0 saturated carbocycles. The zero-order valence-electron chi connectivity index (χ0n) is 15.4. The van der Waals surface area contributed by atoms with Gasteiger partial charge in [-0.3, -0.25) is 4.31 Å². The van der Waals surface area contributed by atoms with Crippen molar-refractivity contribution in [1.82, 2.24) is 5.32 Å². The van der Waals surface area contributed by atoms with E-state index in [4.69, 9.17) is 16.3 Å². The Bertz CT molecular complexity index is 898. The van der Waals surface area contributed by atoms with E-state index in [0.29, 0.717) is 22.4 Å². The molecule has 0 amide bonds. The number of benzene rings is 2. The Morgan fingerprint density at radius 3 is 2.77 bits per heavy atom. The van der Waals surface area contributed by atoms with Crippen molar-refractivity contribution in [3.8, 4) is 0 Å². The number of halogens is 1. The predicted molar refractivity (Wildman–Crippen MR) is 111 cm³/mol. The lowest BCUT2D eigenvalue weighted by atomic mass is 9.96. The maximum Gasteiger partial charge on any atom is 0.0764 e. The normalized spacial score (nSPS) is 23.1. The Hall–Kier alpha value is -1.53. The first kappa shape index (κ1) is 19.2. The molecule has 2 aromatic carbocycles. The minimum Gasteiger partial charge on any atom is -0.384 e. The number of methoxy groups -OCH3 is 1. The van der Waals surface area contributed by atoms with Crippen LogP contribution in [-0.2, 0) is 14.4 Å². The van der Waals surface area contributed by atoms with Crippen molar-refractivity contribution in [2.45, 2.75) is 17.9 Å². The zero-order chi connectivity index (χ0) is 18.9. The summed E-state index contributed by atoms with van der Waals surface area (Å²) in [7, 11) is 0.847. The number of nitrogens with one attached hydrogen (secondary N) is 1. The van der Waals surface area contributed by atoms with E-state index in [1.807, 2.05) is 37.4 Å². The average molecular weight is 393 g/mol. The second-order valence-corrected chi connectivity index (χ2v) is 9.49. The quantitative estimate of drug-likeness (QED) is 0.788. The van der Waals surface area contributed by atoms with E-state index in [1.54, 1.807) is 17.5 Å². The van der Waals surface area contributed by atoms with E-state index in [-0.39, 0.29) is 6.04 Å². The molecule has 0 fully saturated rings. The lowest BCUT2D eigenvalue weighted by molar-refractivity contribution is 0.157. The number of hydrogen-bond donors (Lipinski definition) is 1. The summed E-state index contributed by atoms with van der Waals surface area (Å²) in [6, 6.07) is 13.5. The van der Waals surface area contributed by atoms with Gasteiger partial charge in [0.2, 0.25) is 0 Å². The second kappa shape index (κ2) is 7.61. The fourth-order valence-electron chi connectivity index (χ4n) is 3.40. The Balaban J connectivity index is 2.15. The summed E-state index contributed by atoms with van der Waals surface area (Å²) < 4.78 is 20.6. The Labute approximate surface area is 161 Å². The van der Waals surface area contributed by atoms with Gasteiger partial charge in [0.05, 0.1) is 26.3 Å². The molecule has 1 N–H and O–H groups in total. The number of ether oxygens (including phenoxy) is 1. The third-order valence-electron chi connectivity index (χ3n) is 4.78. The van der Waals surface area contributed by atoms with Crippen LogP contribution in [0.2, 0.25) is 5.02 Å². The number of nitrogens with zero attached hydrogens (tertiary/aromatic N) is 1. The summed E-state index contributed by atoms with van der Waals surface area (Å²) in [5.74, 6) is 4.41. The number of hydrogen-bond acceptors (Lipinski definition) is 3. The molecule has 0 bridgehead atoms. The van der Waals surface area contributed by atoms with E-state index < -0.39 is 9.71 Å². The fourth-order valence-corrected chi connectivity index (χ4v) is 5.28. The molecule has 0 aromatic heterocycles. The van der Waals surface area contributed by atoms with Crippen LogP contribution in [0.1, 0.15) is 24.1 Å². The molecule has 1 heterocycles. The smallest absolute Gasteiger partial charge is 0.0764 e. The number of fused-ring (bicyclic) bond motifs is 2. The Morgan fingerprint density at radius 1 is 1.31 bits per heavy atom. The monoisotopic (exact) mass is 392 g/mol. The zero-order valence-corrected chi connectivity index (χ0v) is 16.9. The van der Waals surface area contributed by atoms with Crippen LogP contribution >= 0.6 is 11.6 Å². The highest BCUT2D eigenvalue weighted by Crippen LogP contribution is 2.40. The highest BCUT2D eigenvalue weighted by Gasteiger charge is 2.31. The topological polar surface area (TPSA) is 41.6 Å². The van der Waals surface area contributed by atoms with Gasteiger partial charge in [0, 0.05) is 32.3 Å². The van der Waals surface area contributed by atoms with Crippen LogP contribution in [0.4, 0.5) is 5.69 Å². The van der Waals surface area contributed by atoms with Crippen LogP contribution in [-0.4, -0.2) is 37.4 Å². The average Bonchev–Trinajstić information content (AvgIpc) is 2.68. The van der Waals surface area contributed by atoms with Gasteiger partial charge in [0.15, 0.2) is 0 Å².